The average Bonchev–Trinajstić information content (AvgIpc) is 2.89. The van der Waals surface area contributed by atoms with Gasteiger partial charge in [-0.2, -0.15) is 0 Å². The highest BCUT2D eigenvalue weighted by Gasteiger charge is 2.22. The normalized spacial score (nSPS) is 12.0. The molecule has 0 fully saturated rings. The summed E-state index contributed by atoms with van der Waals surface area (Å²) in [6, 6.07) is 17.4. The van der Waals surface area contributed by atoms with Gasteiger partial charge >= 0.3 is 5.97 Å². The maximum atomic E-state index is 12.4. The largest absolute Gasteiger partial charge is 0.479 e. The van der Waals surface area contributed by atoms with Crippen LogP contribution in [-0.2, 0) is 16.1 Å². The first-order valence-electron chi connectivity index (χ1n) is 7.68. The number of carboxylic acid groups (broad SMARTS) is 1. The third-order valence-corrected chi connectivity index (χ3v) is 4.00. The number of carboxylic acids is 1. The zero-order valence-electron chi connectivity index (χ0n) is 13.3. The summed E-state index contributed by atoms with van der Waals surface area (Å²) in [5, 5.41) is 13.1. The number of fused-ring (bicyclic) bond motifs is 1. The van der Waals surface area contributed by atoms with Crippen LogP contribution in [0.3, 0.4) is 0 Å². The van der Waals surface area contributed by atoms with E-state index >= 15 is 0 Å². The Kier molecular flexibility index (Phi) is 4.33. The fraction of sp³-hybridized carbons (Fsp3) is 0.158. The third-order valence-electron chi connectivity index (χ3n) is 4.00. The molecule has 0 saturated heterocycles. The van der Waals surface area contributed by atoms with E-state index in [1.165, 1.54) is 0 Å². The topological polar surface area (TPSA) is 71.3 Å². The summed E-state index contributed by atoms with van der Waals surface area (Å²) in [6.45, 7) is 2.01. The Balaban J connectivity index is 1.81. The smallest absolute Gasteiger partial charge is 0.330 e. The fourth-order valence-corrected chi connectivity index (χ4v) is 2.84. The number of rotatable bonds is 5. The molecule has 0 aliphatic heterocycles. The van der Waals surface area contributed by atoms with Crippen LogP contribution in [0.1, 0.15) is 17.3 Å². The molecule has 0 aliphatic carbocycles. The highest BCUT2D eigenvalue weighted by Crippen LogP contribution is 2.19. The van der Waals surface area contributed by atoms with E-state index in [0.29, 0.717) is 5.56 Å². The molecule has 2 aromatic carbocycles. The minimum atomic E-state index is -1.08. The van der Waals surface area contributed by atoms with Gasteiger partial charge in [0.1, 0.15) is 6.54 Å². The van der Waals surface area contributed by atoms with Gasteiger partial charge in [-0.1, -0.05) is 48.5 Å². The lowest BCUT2D eigenvalue weighted by molar-refractivity contribution is -0.142. The second kappa shape index (κ2) is 6.58. The van der Waals surface area contributed by atoms with Crippen molar-refractivity contribution < 1.29 is 14.7 Å². The van der Waals surface area contributed by atoms with E-state index in [9.17, 15) is 14.7 Å². The molecule has 0 spiro atoms. The Morgan fingerprint density at radius 2 is 1.75 bits per heavy atom. The molecule has 1 heterocycles. The number of nitrogens with one attached hydrogen (secondary N) is 1. The molecule has 2 N–H and O–H groups in total. The van der Waals surface area contributed by atoms with Gasteiger partial charge in [-0.05, 0) is 30.0 Å². The monoisotopic (exact) mass is 322 g/mol. The zero-order valence-corrected chi connectivity index (χ0v) is 13.3. The number of aryl methyl sites for hydroxylation is 1. The van der Waals surface area contributed by atoms with Crippen molar-refractivity contribution in [3.8, 4) is 0 Å². The minimum absolute atomic E-state index is 0.0793. The van der Waals surface area contributed by atoms with Crippen molar-refractivity contribution in [1.82, 2.24) is 9.88 Å². The van der Waals surface area contributed by atoms with Crippen molar-refractivity contribution in [1.29, 1.82) is 0 Å². The van der Waals surface area contributed by atoms with Crippen molar-refractivity contribution in [2.45, 2.75) is 19.5 Å². The maximum absolute atomic E-state index is 12.4. The van der Waals surface area contributed by atoms with Crippen molar-refractivity contribution in [2.24, 2.45) is 0 Å². The molecule has 1 amide bonds. The van der Waals surface area contributed by atoms with Crippen LogP contribution in [0.25, 0.3) is 10.9 Å². The van der Waals surface area contributed by atoms with Crippen LogP contribution in [0, 0.1) is 6.92 Å². The maximum Gasteiger partial charge on any atom is 0.330 e. The fourth-order valence-electron chi connectivity index (χ4n) is 2.84. The molecule has 122 valence electrons. The number of hydrogen-bond donors (Lipinski definition) is 2. The minimum Gasteiger partial charge on any atom is -0.479 e. The van der Waals surface area contributed by atoms with E-state index in [-0.39, 0.29) is 12.5 Å². The number of para-hydroxylation sites is 1. The number of amides is 1. The first-order chi connectivity index (χ1) is 11.6. The van der Waals surface area contributed by atoms with Crippen LogP contribution >= 0.6 is 0 Å². The molecule has 3 rings (SSSR count). The number of aromatic nitrogens is 1. The van der Waals surface area contributed by atoms with Crippen LogP contribution in [0.4, 0.5) is 0 Å². The summed E-state index contributed by atoms with van der Waals surface area (Å²) < 4.78 is 1.88. The van der Waals surface area contributed by atoms with Gasteiger partial charge in [0.2, 0.25) is 5.91 Å². The van der Waals surface area contributed by atoms with Gasteiger partial charge in [0.15, 0.2) is 6.04 Å². The Hall–Kier alpha value is -3.08. The number of carbonyl (C=O) groups excluding carboxylic acids is 1. The number of benzene rings is 2. The summed E-state index contributed by atoms with van der Waals surface area (Å²) in [4.78, 5) is 23.9. The predicted octanol–water partition coefficient (Wildman–Crippen LogP) is 2.89. The van der Waals surface area contributed by atoms with E-state index in [2.05, 4.69) is 5.32 Å². The second-order valence-corrected chi connectivity index (χ2v) is 5.68. The average molecular weight is 322 g/mol. The Bertz CT molecular complexity index is 884. The summed E-state index contributed by atoms with van der Waals surface area (Å²) in [6.07, 6.45) is 0. The lowest BCUT2D eigenvalue weighted by Crippen LogP contribution is -2.36. The highest BCUT2D eigenvalue weighted by atomic mass is 16.4. The molecule has 0 saturated carbocycles. The van der Waals surface area contributed by atoms with Gasteiger partial charge < -0.3 is 15.0 Å². The van der Waals surface area contributed by atoms with Gasteiger partial charge in [0.25, 0.3) is 0 Å². The summed E-state index contributed by atoms with van der Waals surface area (Å²) in [5.74, 6) is -1.42. The number of carbonyl (C=O) groups is 2. The van der Waals surface area contributed by atoms with E-state index in [1.54, 1.807) is 30.3 Å². The lowest BCUT2D eigenvalue weighted by Gasteiger charge is -2.16. The molecule has 5 nitrogen and oxygen atoms in total. The Morgan fingerprint density at radius 3 is 2.46 bits per heavy atom. The van der Waals surface area contributed by atoms with Crippen LogP contribution in [-0.4, -0.2) is 21.6 Å². The van der Waals surface area contributed by atoms with Crippen molar-refractivity contribution in [2.75, 3.05) is 0 Å². The predicted molar refractivity (Wildman–Crippen MR) is 91.6 cm³/mol. The highest BCUT2D eigenvalue weighted by molar-refractivity contribution is 5.87. The zero-order chi connectivity index (χ0) is 17.1. The first kappa shape index (κ1) is 15.8. The molecule has 0 unspecified atom stereocenters. The Morgan fingerprint density at radius 1 is 1.08 bits per heavy atom. The quantitative estimate of drug-likeness (QED) is 0.759. The first-order valence-corrected chi connectivity index (χ1v) is 7.68. The molecule has 3 aromatic rings. The van der Waals surface area contributed by atoms with Crippen LogP contribution in [0.2, 0.25) is 0 Å². The van der Waals surface area contributed by atoms with Gasteiger partial charge in [0, 0.05) is 11.2 Å². The molecule has 0 radical (unpaired) electrons. The van der Waals surface area contributed by atoms with Gasteiger partial charge in [-0.25, -0.2) is 4.79 Å². The van der Waals surface area contributed by atoms with Crippen molar-refractivity contribution in [3.05, 3.63) is 71.9 Å². The summed E-state index contributed by atoms with van der Waals surface area (Å²) in [5.41, 5.74) is 2.46. The Labute approximate surface area is 139 Å². The standard InChI is InChI=1S/C19H18N2O3/c1-13-11-15-9-5-6-10-16(15)21(13)12-17(22)20-18(19(23)24)14-7-3-2-4-8-14/h2-11,18H,12H2,1H3,(H,20,22)(H,23,24)/t18-/m1/s1. The van der Waals surface area contributed by atoms with Crippen LogP contribution in [0.15, 0.2) is 60.7 Å². The molecule has 5 heteroatoms. The molecule has 0 aliphatic rings. The van der Waals surface area contributed by atoms with Gasteiger partial charge in [-0.15, -0.1) is 0 Å². The molecule has 0 bridgehead atoms. The van der Waals surface area contributed by atoms with Gasteiger partial charge in [-0.3, -0.25) is 4.79 Å². The molecule has 1 aromatic heterocycles. The van der Waals surface area contributed by atoms with Crippen molar-refractivity contribution in [3.63, 3.8) is 0 Å². The molecule has 24 heavy (non-hydrogen) atoms. The molecular formula is C19H18N2O3. The van der Waals surface area contributed by atoms with Crippen LogP contribution < -0.4 is 5.32 Å². The van der Waals surface area contributed by atoms with E-state index in [1.807, 2.05) is 41.8 Å². The number of hydrogen-bond acceptors (Lipinski definition) is 2. The van der Waals surface area contributed by atoms with Gasteiger partial charge in [0.05, 0.1) is 0 Å². The molecule has 1 atom stereocenters. The lowest BCUT2D eigenvalue weighted by atomic mass is 10.1. The van der Waals surface area contributed by atoms with E-state index < -0.39 is 12.0 Å². The van der Waals surface area contributed by atoms with E-state index in [0.717, 1.165) is 16.6 Å². The summed E-state index contributed by atoms with van der Waals surface area (Å²) in [7, 11) is 0. The second-order valence-electron chi connectivity index (χ2n) is 5.68. The number of aliphatic carboxylic acids is 1. The SMILES string of the molecule is Cc1cc2ccccc2n1CC(=O)N[C@@H](C(=O)O)c1ccccc1. The van der Waals surface area contributed by atoms with Crippen molar-refractivity contribution >= 4 is 22.8 Å². The van der Waals surface area contributed by atoms with E-state index in [4.69, 9.17) is 0 Å². The molecular weight excluding hydrogens is 304 g/mol. The van der Waals surface area contributed by atoms with Crippen LogP contribution in [0.5, 0.6) is 0 Å². The third kappa shape index (κ3) is 3.15. The summed E-state index contributed by atoms with van der Waals surface area (Å²) >= 11 is 0. The number of nitrogens with zero attached hydrogens (tertiary/aromatic N) is 1.